The Bertz CT molecular complexity index is 783. The molecule has 3 rings (SSSR count). The summed E-state index contributed by atoms with van der Waals surface area (Å²) in [5, 5.41) is 5.67. The van der Waals surface area contributed by atoms with Gasteiger partial charge in [0.05, 0.1) is 0 Å². The van der Waals surface area contributed by atoms with Crippen molar-refractivity contribution >= 4 is 11.8 Å². The Hall–Kier alpha value is -2.69. The van der Waals surface area contributed by atoms with Crippen LogP contribution in [0.4, 0.5) is 4.39 Å². The normalized spacial score (nSPS) is 14.6. The number of benzene rings is 2. The summed E-state index contributed by atoms with van der Waals surface area (Å²) in [5.41, 5.74) is 1.99. The lowest BCUT2D eigenvalue weighted by Gasteiger charge is -2.16. The zero-order valence-corrected chi connectivity index (χ0v) is 14.1. The molecule has 2 amide bonds. The molecule has 1 aliphatic rings. The van der Waals surface area contributed by atoms with E-state index < -0.39 is 5.41 Å². The first-order valence-electron chi connectivity index (χ1n) is 8.37. The number of halogens is 1. The monoisotopic (exact) mass is 340 g/mol. The molecule has 0 aromatic heterocycles. The number of carbonyl (C=O) groups excluding carboxylic acids is 2. The maximum Gasteiger partial charge on any atom is 0.235 e. The van der Waals surface area contributed by atoms with Crippen molar-refractivity contribution in [2.75, 3.05) is 0 Å². The highest BCUT2D eigenvalue weighted by Crippen LogP contribution is 2.46. The van der Waals surface area contributed by atoms with Crippen LogP contribution < -0.4 is 10.6 Å². The molecule has 2 aromatic carbocycles. The van der Waals surface area contributed by atoms with Crippen molar-refractivity contribution in [3.05, 3.63) is 71.0 Å². The summed E-state index contributed by atoms with van der Waals surface area (Å²) >= 11 is 0. The van der Waals surface area contributed by atoms with Crippen molar-refractivity contribution in [2.45, 2.75) is 32.9 Å². The zero-order chi connectivity index (χ0) is 17.9. The molecule has 0 unspecified atom stereocenters. The smallest absolute Gasteiger partial charge is 0.235 e. The molecule has 0 radical (unpaired) electrons. The minimum Gasteiger partial charge on any atom is -0.351 e. The summed E-state index contributed by atoms with van der Waals surface area (Å²) in [5.74, 6) is -0.809. The molecule has 2 aromatic rings. The highest BCUT2D eigenvalue weighted by atomic mass is 19.1. The first kappa shape index (κ1) is 17.1. The molecule has 25 heavy (non-hydrogen) atoms. The van der Waals surface area contributed by atoms with E-state index >= 15 is 0 Å². The molecule has 0 atom stereocenters. The van der Waals surface area contributed by atoms with Crippen LogP contribution >= 0.6 is 0 Å². The maximum absolute atomic E-state index is 12.9. The van der Waals surface area contributed by atoms with Gasteiger partial charge in [-0.2, -0.15) is 0 Å². The van der Waals surface area contributed by atoms with Crippen LogP contribution in [0.2, 0.25) is 0 Å². The molecular formula is C20H21FN2O2. The SMILES string of the molecule is Cc1ccccc1CNC(=O)C1(C(=O)NCc2ccc(F)cc2)CC1. The molecule has 1 aliphatic carbocycles. The first-order chi connectivity index (χ1) is 12.0. The molecule has 2 N–H and O–H groups in total. The van der Waals surface area contributed by atoms with E-state index in [1.165, 1.54) is 12.1 Å². The second kappa shape index (κ2) is 7.05. The van der Waals surface area contributed by atoms with Crippen molar-refractivity contribution < 1.29 is 14.0 Å². The van der Waals surface area contributed by atoms with E-state index in [-0.39, 0.29) is 24.2 Å². The van der Waals surface area contributed by atoms with E-state index in [4.69, 9.17) is 0 Å². The Morgan fingerprint density at radius 1 is 0.960 bits per heavy atom. The summed E-state index contributed by atoms with van der Waals surface area (Å²) in [7, 11) is 0. The number of rotatable bonds is 6. The van der Waals surface area contributed by atoms with E-state index in [2.05, 4.69) is 10.6 Å². The highest BCUT2D eigenvalue weighted by Gasteiger charge is 2.56. The van der Waals surface area contributed by atoms with Gasteiger partial charge in [0.1, 0.15) is 11.2 Å². The van der Waals surface area contributed by atoms with Gasteiger partial charge in [-0.05, 0) is 48.6 Å². The van der Waals surface area contributed by atoms with Crippen LogP contribution in [0.25, 0.3) is 0 Å². The Kier molecular flexibility index (Phi) is 4.83. The lowest BCUT2D eigenvalue weighted by molar-refractivity contribution is -0.137. The van der Waals surface area contributed by atoms with Crippen molar-refractivity contribution in [1.29, 1.82) is 0 Å². The predicted molar refractivity (Wildman–Crippen MR) is 92.9 cm³/mol. The fraction of sp³-hybridized carbons (Fsp3) is 0.300. The van der Waals surface area contributed by atoms with E-state index in [0.717, 1.165) is 16.7 Å². The zero-order valence-electron chi connectivity index (χ0n) is 14.1. The van der Waals surface area contributed by atoms with Gasteiger partial charge in [0.25, 0.3) is 0 Å². The third-order valence-corrected chi connectivity index (χ3v) is 4.69. The summed E-state index contributed by atoms with van der Waals surface area (Å²) in [6.07, 6.45) is 1.11. The number of hydrogen-bond acceptors (Lipinski definition) is 2. The Morgan fingerprint density at radius 3 is 2.16 bits per heavy atom. The molecular weight excluding hydrogens is 319 g/mol. The molecule has 0 heterocycles. The molecule has 5 heteroatoms. The molecule has 1 fully saturated rings. The highest BCUT2D eigenvalue weighted by molar-refractivity contribution is 6.07. The molecule has 0 aliphatic heterocycles. The van der Waals surface area contributed by atoms with Gasteiger partial charge >= 0.3 is 0 Å². The van der Waals surface area contributed by atoms with Crippen LogP contribution in [0.1, 0.15) is 29.5 Å². The quantitative estimate of drug-likeness (QED) is 0.795. The number of amides is 2. The van der Waals surface area contributed by atoms with E-state index in [9.17, 15) is 14.0 Å². The van der Waals surface area contributed by atoms with Crippen molar-refractivity contribution in [3.63, 3.8) is 0 Å². The molecule has 4 nitrogen and oxygen atoms in total. The van der Waals surface area contributed by atoms with E-state index in [0.29, 0.717) is 19.4 Å². The second-order valence-corrected chi connectivity index (χ2v) is 6.50. The van der Waals surface area contributed by atoms with Crippen LogP contribution in [-0.4, -0.2) is 11.8 Å². The third-order valence-electron chi connectivity index (χ3n) is 4.69. The maximum atomic E-state index is 12.9. The summed E-state index contributed by atoms with van der Waals surface area (Å²) in [6, 6.07) is 13.8. The fourth-order valence-corrected chi connectivity index (χ4v) is 2.79. The van der Waals surface area contributed by atoms with Gasteiger partial charge in [0, 0.05) is 13.1 Å². The minimum absolute atomic E-state index is 0.229. The lowest BCUT2D eigenvalue weighted by Crippen LogP contribution is -2.42. The molecule has 0 bridgehead atoms. The van der Waals surface area contributed by atoms with Crippen LogP contribution in [-0.2, 0) is 22.7 Å². The average molecular weight is 340 g/mol. The molecule has 130 valence electrons. The summed E-state index contributed by atoms with van der Waals surface area (Å²) in [6.45, 7) is 2.69. The minimum atomic E-state index is -0.956. The van der Waals surface area contributed by atoms with Crippen molar-refractivity contribution in [3.8, 4) is 0 Å². The van der Waals surface area contributed by atoms with Crippen LogP contribution in [0, 0.1) is 18.2 Å². The largest absolute Gasteiger partial charge is 0.351 e. The van der Waals surface area contributed by atoms with Gasteiger partial charge in [0.2, 0.25) is 11.8 Å². The first-order valence-corrected chi connectivity index (χ1v) is 8.37. The predicted octanol–water partition coefficient (Wildman–Crippen LogP) is 2.85. The van der Waals surface area contributed by atoms with E-state index in [1.54, 1.807) is 12.1 Å². The molecule has 1 saturated carbocycles. The number of hydrogen-bond donors (Lipinski definition) is 2. The standard InChI is InChI=1S/C20H21FN2O2/c1-14-4-2-3-5-16(14)13-23-19(25)20(10-11-20)18(24)22-12-15-6-8-17(21)9-7-15/h2-9H,10-13H2,1H3,(H,22,24)(H,23,25). The Morgan fingerprint density at radius 2 is 1.56 bits per heavy atom. The van der Waals surface area contributed by atoms with E-state index in [1.807, 2.05) is 31.2 Å². The van der Waals surface area contributed by atoms with Crippen LogP contribution in [0.3, 0.4) is 0 Å². The summed E-state index contributed by atoms with van der Waals surface area (Å²) < 4.78 is 12.9. The number of nitrogens with one attached hydrogen (secondary N) is 2. The lowest BCUT2D eigenvalue weighted by atomic mass is 10.0. The second-order valence-electron chi connectivity index (χ2n) is 6.50. The Balaban J connectivity index is 1.55. The van der Waals surface area contributed by atoms with Gasteiger partial charge < -0.3 is 10.6 Å². The van der Waals surface area contributed by atoms with Gasteiger partial charge in [0.15, 0.2) is 0 Å². The third kappa shape index (κ3) is 3.87. The molecule has 0 saturated heterocycles. The average Bonchev–Trinajstić information content (AvgIpc) is 3.42. The van der Waals surface area contributed by atoms with Gasteiger partial charge in [-0.15, -0.1) is 0 Å². The van der Waals surface area contributed by atoms with Crippen LogP contribution in [0.5, 0.6) is 0 Å². The number of aryl methyl sites for hydroxylation is 1. The molecule has 0 spiro atoms. The van der Waals surface area contributed by atoms with Crippen molar-refractivity contribution in [1.82, 2.24) is 10.6 Å². The fourth-order valence-electron chi connectivity index (χ4n) is 2.79. The number of carbonyl (C=O) groups is 2. The topological polar surface area (TPSA) is 58.2 Å². The Labute approximate surface area is 146 Å². The van der Waals surface area contributed by atoms with Crippen molar-refractivity contribution in [2.24, 2.45) is 5.41 Å². The van der Waals surface area contributed by atoms with Crippen LogP contribution in [0.15, 0.2) is 48.5 Å². The van der Waals surface area contributed by atoms with Gasteiger partial charge in [-0.3, -0.25) is 9.59 Å². The van der Waals surface area contributed by atoms with Gasteiger partial charge in [-0.25, -0.2) is 4.39 Å². The summed E-state index contributed by atoms with van der Waals surface area (Å²) in [4.78, 5) is 24.9. The van der Waals surface area contributed by atoms with Gasteiger partial charge in [-0.1, -0.05) is 36.4 Å².